The summed E-state index contributed by atoms with van der Waals surface area (Å²) in [7, 11) is 0. The van der Waals surface area contributed by atoms with Gasteiger partial charge in [0, 0.05) is 6.54 Å². The second-order valence-corrected chi connectivity index (χ2v) is 3.92. The van der Waals surface area contributed by atoms with Crippen molar-refractivity contribution >= 4 is 17.8 Å². The molecule has 2 amide bonds. The first-order chi connectivity index (χ1) is 8.97. The monoisotopic (exact) mass is 268 g/mol. The van der Waals surface area contributed by atoms with Gasteiger partial charge in [-0.1, -0.05) is 6.92 Å². The van der Waals surface area contributed by atoms with Crippen LogP contribution in [0.25, 0.3) is 0 Å². The number of carbonyl (C=O) groups excluding carboxylic acids is 2. The van der Waals surface area contributed by atoms with Gasteiger partial charge in [-0.05, 0) is 13.3 Å². The van der Waals surface area contributed by atoms with Crippen molar-refractivity contribution in [3.8, 4) is 0 Å². The van der Waals surface area contributed by atoms with Gasteiger partial charge in [0.05, 0.1) is 6.33 Å². The number of hydrogen-bond donors (Lipinski definition) is 4. The normalized spacial score (nSPS) is 11.7. The summed E-state index contributed by atoms with van der Waals surface area (Å²) in [5, 5.41) is 13.8. The molecule has 8 heteroatoms. The molecule has 1 aromatic rings. The molecule has 1 atom stereocenters. The van der Waals surface area contributed by atoms with Gasteiger partial charge in [0.1, 0.15) is 6.04 Å². The third-order valence-corrected chi connectivity index (χ3v) is 2.36. The van der Waals surface area contributed by atoms with Crippen LogP contribution in [-0.2, 0) is 4.79 Å². The molecular weight excluding hydrogens is 252 g/mol. The van der Waals surface area contributed by atoms with Crippen LogP contribution in [0.4, 0.5) is 0 Å². The van der Waals surface area contributed by atoms with Crippen molar-refractivity contribution in [1.29, 1.82) is 0 Å². The lowest BCUT2D eigenvalue weighted by Crippen LogP contribution is -2.45. The lowest BCUT2D eigenvalue weighted by molar-refractivity contribution is -0.122. The lowest BCUT2D eigenvalue weighted by atomic mass is 10.2. The van der Waals surface area contributed by atoms with Gasteiger partial charge < -0.3 is 20.7 Å². The Morgan fingerprint density at radius 3 is 2.74 bits per heavy atom. The highest BCUT2D eigenvalue weighted by Gasteiger charge is 2.22. The molecule has 1 rings (SSSR count). The van der Waals surface area contributed by atoms with Crippen LogP contribution in [0.3, 0.4) is 0 Å². The summed E-state index contributed by atoms with van der Waals surface area (Å²) in [6, 6.07) is -0.766. The molecule has 0 radical (unpaired) electrons. The number of H-pyrrole nitrogens is 1. The van der Waals surface area contributed by atoms with E-state index < -0.39 is 17.9 Å². The lowest BCUT2D eigenvalue weighted by Gasteiger charge is -2.13. The summed E-state index contributed by atoms with van der Waals surface area (Å²) in [4.78, 5) is 40.1. The average molecular weight is 268 g/mol. The van der Waals surface area contributed by atoms with Crippen LogP contribution in [0.5, 0.6) is 0 Å². The van der Waals surface area contributed by atoms with E-state index in [1.54, 1.807) is 0 Å². The molecule has 0 spiro atoms. The molecular formula is C11H16N4O4. The summed E-state index contributed by atoms with van der Waals surface area (Å²) < 4.78 is 0. The van der Waals surface area contributed by atoms with Crippen LogP contribution in [0.2, 0.25) is 0 Å². The second-order valence-electron chi connectivity index (χ2n) is 3.92. The van der Waals surface area contributed by atoms with Crippen molar-refractivity contribution in [1.82, 2.24) is 20.6 Å². The van der Waals surface area contributed by atoms with Crippen molar-refractivity contribution in [3.05, 3.63) is 17.7 Å². The van der Waals surface area contributed by atoms with Crippen LogP contribution in [0.1, 0.15) is 41.2 Å². The SMILES string of the molecule is CCCNC(=O)C(C)NC(=O)c1nc[nH]c1C(=O)O. The molecule has 0 fully saturated rings. The third-order valence-electron chi connectivity index (χ3n) is 2.36. The molecule has 1 aromatic heterocycles. The fraction of sp³-hybridized carbons (Fsp3) is 0.455. The number of aromatic carboxylic acids is 1. The van der Waals surface area contributed by atoms with Crippen molar-refractivity contribution < 1.29 is 19.5 Å². The number of nitrogens with zero attached hydrogens (tertiary/aromatic N) is 1. The predicted octanol–water partition coefficient (Wildman–Crippen LogP) is -0.248. The summed E-state index contributed by atoms with van der Waals surface area (Å²) in [5.74, 6) is -2.33. The Morgan fingerprint density at radius 2 is 2.16 bits per heavy atom. The molecule has 0 saturated carbocycles. The zero-order valence-corrected chi connectivity index (χ0v) is 10.7. The first-order valence-corrected chi connectivity index (χ1v) is 5.82. The Labute approximate surface area is 109 Å². The highest BCUT2D eigenvalue weighted by molar-refractivity contribution is 6.03. The standard InChI is InChI=1S/C11H16N4O4/c1-3-4-12-9(16)6(2)15-10(17)7-8(11(18)19)14-5-13-7/h5-6H,3-4H2,1-2H3,(H,12,16)(H,13,14)(H,15,17)(H,18,19). The first-order valence-electron chi connectivity index (χ1n) is 5.82. The number of carboxylic acids is 1. The molecule has 0 aromatic carbocycles. The van der Waals surface area contributed by atoms with Gasteiger partial charge in [0.2, 0.25) is 5.91 Å². The largest absolute Gasteiger partial charge is 0.477 e. The van der Waals surface area contributed by atoms with Gasteiger partial charge in [-0.15, -0.1) is 0 Å². The van der Waals surface area contributed by atoms with Crippen molar-refractivity contribution in [3.63, 3.8) is 0 Å². The summed E-state index contributed by atoms with van der Waals surface area (Å²) in [6.07, 6.45) is 1.90. The number of amides is 2. The van der Waals surface area contributed by atoms with E-state index in [1.807, 2.05) is 6.92 Å². The number of imidazole rings is 1. The minimum atomic E-state index is -1.29. The van der Waals surface area contributed by atoms with Gasteiger partial charge in [0.25, 0.3) is 5.91 Å². The molecule has 1 unspecified atom stereocenters. The van der Waals surface area contributed by atoms with Gasteiger partial charge in [-0.2, -0.15) is 0 Å². The van der Waals surface area contributed by atoms with Crippen molar-refractivity contribution in [2.24, 2.45) is 0 Å². The molecule has 0 saturated heterocycles. The average Bonchev–Trinajstić information content (AvgIpc) is 2.84. The number of carboxylic acid groups (broad SMARTS) is 1. The number of aromatic nitrogens is 2. The zero-order chi connectivity index (χ0) is 14.4. The fourth-order valence-corrected chi connectivity index (χ4v) is 1.36. The summed E-state index contributed by atoms with van der Waals surface area (Å²) in [5.41, 5.74) is -0.554. The Morgan fingerprint density at radius 1 is 1.47 bits per heavy atom. The van der Waals surface area contributed by atoms with E-state index in [0.29, 0.717) is 6.54 Å². The van der Waals surface area contributed by atoms with Crippen LogP contribution in [0, 0.1) is 0 Å². The maximum atomic E-state index is 11.8. The van der Waals surface area contributed by atoms with Crippen LogP contribution in [0.15, 0.2) is 6.33 Å². The Hall–Kier alpha value is -2.38. The number of carbonyl (C=O) groups is 3. The predicted molar refractivity (Wildman–Crippen MR) is 65.8 cm³/mol. The zero-order valence-electron chi connectivity index (χ0n) is 10.7. The van der Waals surface area contributed by atoms with Gasteiger partial charge in [-0.3, -0.25) is 9.59 Å². The molecule has 0 bridgehead atoms. The van der Waals surface area contributed by atoms with Crippen molar-refractivity contribution in [2.45, 2.75) is 26.3 Å². The van der Waals surface area contributed by atoms with Crippen LogP contribution < -0.4 is 10.6 Å². The summed E-state index contributed by atoms with van der Waals surface area (Å²) in [6.45, 7) is 3.93. The van der Waals surface area contributed by atoms with Gasteiger partial charge in [-0.25, -0.2) is 9.78 Å². The Bertz CT molecular complexity index is 483. The molecule has 0 aliphatic carbocycles. The maximum Gasteiger partial charge on any atom is 0.354 e. The molecule has 0 aliphatic heterocycles. The van der Waals surface area contributed by atoms with Gasteiger partial charge >= 0.3 is 5.97 Å². The molecule has 104 valence electrons. The van der Waals surface area contributed by atoms with Crippen molar-refractivity contribution in [2.75, 3.05) is 6.54 Å². The first kappa shape index (κ1) is 14.7. The number of aromatic amines is 1. The van der Waals surface area contributed by atoms with E-state index in [2.05, 4.69) is 20.6 Å². The maximum absolute atomic E-state index is 11.8. The fourth-order valence-electron chi connectivity index (χ4n) is 1.36. The molecule has 8 nitrogen and oxygen atoms in total. The van der Waals surface area contributed by atoms with Crippen LogP contribution >= 0.6 is 0 Å². The topological polar surface area (TPSA) is 124 Å². The molecule has 1 heterocycles. The van der Waals surface area contributed by atoms with Crippen LogP contribution in [-0.4, -0.2) is 45.4 Å². The van der Waals surface area contributed by atoms with E-state index in [-0.39, 0.29) is 17.3 Å². The minimum Gasteiger partial charge on any atom is -0.477 e. The highest BCUT2D eigenvalue weighted by atomic mass is 16.4. The minimum absolute atomic E-state index is 0.248. The Kier molecular flexibility index (Phi) is 5.04. The van der Waals surface area contributed by atoms with E-state index in [1.165, 1.54) is 6.92 Å². The smallest absolute Gasteiger partial charge is 0.354 e. The van der Waals surface area contributed by atoms with E-state index in [9.17, 15) is 14.4 Å². The quantitative estimate of drug-likeness (QED) is 0.566. The Balaban J connectivity index is 2.66. The van der Waals surface area contributed by atoms with E-state index in [4.69, 9.17) is 5.11 Å². The van der Waals surface area contributed by atoms with Gasteiger partial charge in [0.15, 0.2) is 11.4 Å². The molecule has 0 aliphatic rings. The number of hydrogen-bond acceptors (Lipinski definition) is 4. The molecule has 4 N–H and O–H groups in total. The van der Waals surface area contributed by atoms with E-state index >= 15 is 0 Å². The highest BCUT2D eigenvalue weighted by Crippen LogP contribution is 2.03. The van der Waals surface area contributed by atoms with E-state index in [0.717, 1.165) is 12.7 Å². The third kappa shape index (κ3) is 3.80. The number of rotatable bonds is 6. The number of nitrogens with one attached hydrogen (secondary N) is 3. The second kappa shape index (κ2) is 6.53. The summed E-state index contributed by atoms with van der Waals surface area (Å²) >= 11 is 0. The molecule has 19 heavy (non-hydrogen) atoms.